The smallest absolute Gasteiger partial charge is 0.267 e. The van der Waals surface area contributed by atoms with Gasteiger partial charge in [-0.2, -0.15) is 5.26 Å². The summed E-state index contributed by atoms with van der Waals surface area (Å²) in [6.07, 6.45) is 0. The van der Waals surface area contributed by atoms with Crippen LogP contribution >= 0.6 is 11.3 Å². The van der Waals surface area contributed by atoms with E-state index in [1.54, 1.807) is 24.3 Å². The topological polar surface area (TPSA) is 146 Å². The third kappa shape index (κ3) is 3.78. The summed E-state index contributed by atoms with van der Waals surface area (Å²) in [5, 5.41) is 13.2. The Morgan fingerprint density at radius 2 is 1.71 bits per heavy atom. The zero-order valence-electron chi connectivity index (χ0n) is 18.6. The van der Waals surface area contributed by atoms with E-state index >= 15 is 0 Å². The quantitative estimate of drug-likeness (QED) is 0.375. The van der Waals surface area contributed by atoms with E-state index in [2.05, 4.69) is 16.4 Å². The first kappa shape index (κ1) is 22.7. The number of para-hydroxylation sites is 1. The van der Waals surface area contributed by atoms with Crippen molar-refractivity contribution in [3.05, 3.63) is 52.9 Å². The minimum absolute atomic E-state index is 0.0232. The van der Waals surface area contributed by atoms with Crippen LogP contribution in [0.4, 0.5) is 17.2 Å². The number of nitrogens with one attached hydrogen (secondary N) is 1. The SMILES string of the molecule is COc1cc(-c2c(C#N)c(N)nc3sc(C(=O)Nc4ccccc4)c(N)c23)cc(OC)c1OC. The molecule has 0 aliphatic rings. The summed E-state index contributed by atoms with van der Waals surface area (Å²) in [5.41, 5.74) is 14.5. The zero-order chi connectivity index (χ0) is 24.4. The van der Waals surface area contributed by atoms with Crippen molar-refractivity contribution >= 4 is 44.7 Å². The molecule has 9 nitrogen and oxygen atoms in total. The number of aromatic nitrogens is 1. The number of nitrogens with zero attached hydrogens (tertiary/aromatic N) is 2. The Hall–Kier alpha value is -4.49. The molecule has 1 amide bonds. The predicted molar refractivity (Wildman–Crippen MR) is 133 cm³/mol. The van der Waals surface area contributed by atoms with E-state index in [-0.39, 0.29) is 27.9 Å². The molecule has 2 heterocycles. The number of nitrogens with two attached hydrogens (primary N) is 2. The Morgan fingerprint density at radius 1 is 1.06 bits per heavy atom. The number of nitriles is 1. The minimum atomic E-state index is -0.389. The van der Waals surface area contributed by atoms with Gasteiger partial charge in [0.25, 0.3) is 5.91 Å². The van der Waals surface area contributed by atoms with Crippen LogP contribution in [0.5, 0.6) is 17.2 Å². The van der Waals surface area contributed by atoms with Crippen molar-refractivity contribution < 1.29 is 19.0 Å². The highest BCUT2D eigenvalue weighted by molar-refractivity contribution is 7.21. The largest absolute Gasteiger partial charge is 0.493 e. The van der Waals surface area contributed by atoms with Crippen LogP contribution < -0.4 is 31.0 Å². The molecule has 0 saturated carbocycles. The van der Waals surface area contributed by atoms with Crippen molar-refractivity contribution in [1.82, 2.24) is 4.98 Å². The molecule has 0 saturated heterocycles. The van der Waals surface area contributed by atoms with E-state index in [1.807, 2.05) is 18.2 Å². The van der Waals surface area contributed by atoms with Crippen LogP contribution in [0.3, 0.4) is 0 Å². The molecule has 4 rings (SSSR count). The molecule has 0 unspecified atom stereocenters. The fraction of sp³-hybridized carbons (Fsp3) is 0.125. The lowest BCUT2D eigenvalue weighted by Gasteiger charge is -2.16. The highest BCUT2D eigenvalue weighted by atomic mass is 32.1. The molecular weight excluding hydrogens is 454 g/mol. The summed E-state index contributed by atoms with van der Waals surface area (Å²) in [6.45, 7) is 0. The number of benzene rings is 2. The van der Waals surface area contributed by atoms with E-state index in [1.165, 1.54) is 21.3 Å². The number of fused-ring (bicyclic) bond motifs is 1. The van der Waals surface area contributed by atoms with Crippen molar-refractivity contribution in [2.75, 3.05) is 38.1 Å². The van der Waals surface area contributed by atoms with Gasteiger partial charge in [0.15, 0.2) is 11.5 Å². The summed E-state index contributed by atoms with van der Waals surface area (Å²) in [6, 6.07) is 14.5. The van der Waals surface area contributed by atoms with Crippen molar-refractivity contribution in [2.24, 2.45) is 0 Å². The highest BCUT2D eigenvalue weighted by Gasteiger charge is 2.26. The van der Waals surface area contributed by atoms with Gasteiger partial charge in [0.2, 0.25) is 5.75 Å². The highest BCUT2D eigenvalue weighted by Crippen LogP contribution is 2.47. The summed E-state index contributed by atoms with van der Waals surface area (Å²) in [4.78, 5) is 18.0. The number of pyridine rings is 1. The van der Waals surface area contributed by atoms with Crippen LogP contribution in [0.2, 0.25) is 0 Å². The molecule has 2 aromatic heterocycles. The molecule has 4 aromatic rings. The van der Waals surface area contributed by atoms with Gasteiger partial charge in [-0.1, -0.05) is 18.2 Å². The first-order valence-corrected chi connectivity index (χ1v) is 10.8. The second-order valence-corrected chi connectivity index (χ2v) is 8.12. The van der Waals surface area contributed by atoms with Crippen LogP contribution in [-0.2, 0) is 0 Å². The van der Waals surface area contributed by atoms with Gasteiger partial charge in [-0.25, -0.2) is 4.98 Å². The van der Waals surface area contributed by atoms with Crippen molar-refractivity contribution in [3.8, 4) is 34.4 Å². The van der Waals surface area contributed by atoms with Gasteiger partial charge in [-0.3, -0.25) is 4.79 Å². The van der Waals surface area contributed by atoms with Gasteiger partial charge in [0.1, 0.15) is 27.2 Å². The average molecular weight is 476 g/mol. The van der Waals surface area contributed by atoms with Gasteiger partial charge in [0, 0.05) is 16.6 Å². The summed E-state index contributed by atoms with van der Waals surface area (Å²) in [7, 11) is 4.49. The molecular formula is C24H21N5O4S. The Bertz CT molecular complexity index is 1420. The van der Waals surface area contributed by atoms with E-state index in [0.29, 0.717) is 44.3 Å². The second kappa shape index (κ2) is 9.17. The van der Waals surface area contributed by atoms with Crippen LogP contribution in [0, 0.1) is 11.3 Å². The Kier molecular flexibility index (Phi) is 6.12. The molecule has 0 bridgehead atoms. The standard InChI is InChI=1S/C24H21N5O4S/c1-31-15-9-12(10-16(32-2)20(15)33-3)17-14(11-25)22(27)29-24-18(17)19(26)21(34-24)23(30)28-13-7-5-4-6-8-13/h4-10H,26H2,1-3H3,(H2,27,29)(H,28,30). The van der Waals surface area contributed by atoms with Crippen LogP contribution in [-0.4, -0.2) is 32.2 Å². The molecule has 0 atom stereocenters. The first-order chi connectivity index (χ1) is 16.4. The Balaban J connectivity index is 1.97. The molecule has 0 radical (unpaired) electrons. The van der Waals surface area contributed by atoms with Gasteiger partial charge >= 0.3 is 0 Å². The molecule has 0 aliphatic carbocycles. The number of carbonyl (C=O) groups is 1. The summed E-state index contributed by atoms with van der Waals surface area (Å²) >= 11 is 1.10. The van der Waals surface area contributed by atoms with Crippen molar-refractivity contribution in [1.29, 1.82) is 5.26 Å². The third-order valence-electron chi connectivity index (χ3n) is 5.21. The number of hydrogen-bond acceptors (Lipinski definition) is 9. The van der Waals surface area contributed by atoms with Crippen LogP contribution in [0.1, 0.15) is 15.2 Å². The first-order valence-electron chi connectivity index (χ1n) is 10.0. The van der Waals surface area contributed by atoms with Gasteiger partial charge in [0.05, 0.1) is 27.0 Å². The maximum Gasteiger partial charge on any atom is 0.267 e. The Morgan fingerprint density at radius 3 is 2.26 bits per heavy atom. The van der Waals surface area contributed by atoms with E-state index in [4.69, 9.17) is 25.7 Å². The van der Waals surface area contributed by atoms with E-state index in [0.717, 1.165) is 11.3 Å². The number of carbonyl (C=O) groups excluding carboxylic acids is 1. The van der Waals surface area contributed by atoms with Crippen molar-refractivity contribution in [2.45, 2.75) is 0 Å². The number of hydrogen-bond donors (Lipinski definition) is 3. The van der Waals surface area contributed by atoms with Crippen LogP contribution in [0.15, 0.2) is 42.5 Å². The summed E-state index contributed by atoms with van der Waals surface area (Å²) < 4.78 is 16.3. The van der Waals surface area contributed by atoms with Gasteiger partial charge in [-0.05, 0) is 29.8 Å². The normalized spacial score (nSPS) is 10.5. The minimum Gasteiger partial charge on any atom is -0.493 e. The lowest BCUT2D eigenvalue weighted by molar-refractivity contribution is 0.103. The number of rotatable bonds is 6. The zero-order valence-corrected chi connectivity index (χ0v) is 19.4. The summed E-state index contributed by atoms with van der Waals surface area (Å²) in [5.74, 6) is 0.807. The van der Waals surface area contributed by atoms with Gasteiger partial charge < -0.3 is 31.0 Å². The average Bonchev–Trinajstić information content (AvgIpc) is 3.18. The number of methoxy groups -OCH3 is 3. The number of ether oxygens (including phenoxy) is 3. The molecule has 2 aromatic carbocycles. The maximum absolute atomic E-state index is 13.0. The number of nitrogen functional groups attached to an aromatic ring is 2. The molecule has 10 heteroatoms. The Labute approximate surface area is 199 Å². The number of amides is 1. The lowest BCUT2D eigenvalue weighted by Crippen LogP contribution is -2.11. The third-order valence-corrected chi connectivity index (χ3v) is 6.31. The molecule has 0 spiro atoms. The van der Waals surface area contributed by atoms with Crippen LogP contribution in [0.25, 0.3) is 21.3 Å². The lowest BCUT2D eigenvalue weighted by atomic mass is 9.96. The van der Waals surface area contributed by atoms with E-state index in [9.17, 15) is 10.1 Å². The van der Waals surface area contributed by atoms with Gasteiger partial charge in [-0.15, -0.1) is 11.3 Å². The molecule has 0 fully saturated rings. The second-order valence-electron chi connectivity index (χ2n) is 7.12. The maximum atomic E-state index is 13.0. The van der Waals surface area contributed by atoms with E-state index < -0.39 is 0 Å². The fourth-order valence-electron chi connectivity index (χ4n) is 3.68. The van der Waals surface area contributed by atoms with Crippen molar-refractivity contribution in [3.63, 3.8) is 0 Å². The molecule has 34 heavy (non-hydrogen) atoms. The molecule has 5 N–H and O–H groups in total. The predicted octanol–water partition coefficient (Wildman–Crippen LogP) is 4.28. The molecule has 0 aliphatic heterocycles. The monoisotopic (exact) mass is 475 g/mol. The fourth-order valence-corrected chi connectivity index (χ4v) is 4.68. The molecule has 172 valence electrons. The number of thiophene rings is 1. The number of anilines is 3.